The van der Waals surface area contributed by atoms with Crippen molar-refractivity contribution >= 4 is 9.84 Å². The molecule has 28 heavy (non-hydrogen) atoms. The van der Waals surface area contributed by atoms with Gasteiger partial charge in [-0.2, -0.15) is 0 Å². The molecule has 2 heterocycles. The van der Waals surface area contributed by atoms with Crippen LogP contribution >= 0.6 is 0 Å². The molecule has 2 atom stereocenters. The Labute approximate surface area is 166 Å². The van der Waals surface area contributed by atoms with E-state index in [2.05, 4.69) is 10.2 Å². The third kappa shape index (κ3) is 4.71. The van der Waals surface area contributed by atoms with Crippen molar-refractivity contribution in [3.05, 3.63) is 35.7 Å². The number of hydrogen-bond acceptors (Lipinski definition) is 7. The Kier molecular flexibility index (Phi) is 6.69. The molecule has 1 aromatic carbocycles. The quantitative estimate of drug-likeness (QED) is 0.677. The fourth-order valence-corrected chi connectivity index (χ4v) is 4.87. The summed E-state index contributed by atoms with van der Waals surface area (Å²) in [7, 11) is -2.17. The Balaban J connectivity index is 1.93. The molecule has 0 radical (unpaired) electrons. The number of nitrogens with zero attached hydrogens (tertiary/aromatic N) is 3. The summed E-state index contributed by atoms with van der Waals surface area (Å²) in [4.78, 5) is 0. The number of nitrogens with two attached hydrogens (primary N) is 1. The zero-order valence-corrected chi connectivity index (χ0v) is 17.2. The molecule has 8 nitrogen and oxygen atoms in total. The van der Waals surface area contributed by atoms with Crippen molar-refractivity contribution in [3.63, 3.8) is 0 Å². The molecule has 0 saturated carbocycles. The molecule has 2 N–H and O–H groups in total. The summed E-state index contributed by atoms with van der Waals surface area (Å²) in [5, 5.41) is 8.13. The van der Waals surface area contributed by atoms with E-state index in [-0.39, 0.29) is 23.1 Å². The molecule has 1 saturated heterocycles. The average molecular weight is 409 g/mol. The van der Waals surface area contributed by atoms with Gasteiger partial charge in [0.25, 0.3) is 0 Å². The van der Waals surface area contributed by atoms with Gasteiger partial charge in [0.05, 0.1) is 31.6 Å². The highest BCUT2D eigenvalue weighted by Gasteiger charge is 2.29. The maximum absolute atomic E-state index is 13.1. The van der Waals surface area contributed by atoms with Crippen molar-refractivity contribution in [2.45, 2.75) is 62.2 Å². The van der Waals surface area contributed by atoms with Crippen LogP contribution < -0.4 is 10.5 Å². The largest absolute Gasteiger partial charge is 0.497 e. The maximum atomic E-state index is 13.1. The van der Waals surface area contributed by atoms with E-state index in [0.29, 0.717) is 36.7 Å². The summed E-state index contributed by atoms with van der Waals surface area (Å²) < 4.78 is 38.8. The van der Waals surface area contributed by atoms with Crippen LogP contribution in [0.2, 0.25) is 0 Å². The molecule has 1 aromatic heterocycles. The minimum Gasteiger partial charge on any atom is -0.497 e. The van der Waals surface area contributed by atoms with Crippen molar-refractivity contribution in [1.29, 1.82) is 0 Å². The van der Waals surface area contributed by atoms with Crippen LogP contribution in [0.25, 0.3) is 0 Å². The van der Waals surface area contributed by atoms with Crippen molar-refractivity contribution < 1.29 is 17.9 Å². The average Bonchev–Trinajstić information content (AvgIpc) is 3.32. The molecule has 3 rings (SSSR count). The van der Waals surface area contributed by atoms with Crippen LogP contribution in [0.15, 0.2) is 29.4 Å². The Morgan fingerprint density at radius 1 is 1.39 bits per heavy atom. The number of hydrogen-bond donors (Lipinski definition) is 1. The Hall–Kier alpha value is -1.97. The number of sulfone groups is 1. The van der Waals surface area contributed by atoms with E-state index >= 15 is 0 Å². The lowest BCUT2D eigenvalue weighted by Crippen LogP contribution is -2.24. The molecule has 1 fully saturated rings. The van der Waals surface area contributed by atoms with Gasteiger partial charge in [-0.25, -0.2) is 8.42 Å². The van der Waals surface area contributed by atoms with Crippen molar-refractivity contribution in [3.8, 4) is 5.75 Å². The molecule has 1 aliphatic rings. The van der Waals surface area contributed by atoms with Crippen LogP contribution in [-0.2, 0) is 26.9 Å². The van der Waals surface area contributed by atoms with Crippen LogP contribution in [0.1, 0.15) is 50.0 Å². The minimum absolute atomic E-state index is 0.0469. The maximum Gasteiger partial charge on any atom is 0.250 e. The Morgan fingerprint density at radius 3 is 2.89 bits per heavy atom. The lowest BCUT2D eigenvalue weighted by Gasteiger charge is -2.17. The molecule has 0 amide bonds. The van der Waals surface area contributed by atoms with E-state index in [0.717, 1.165) is 19.3 Å². The van der Waals surface area contributed by atoms with Gasteiger partial charge < -0.3 is 15.2 Å². The highest BCUT2D eigenvalue weighted by Crippen LogP contribution is 2.24. The smallest absolute Gasteiger partial charge is 0.250 e. The third-order valence-electron chi connectivity index (χ3n) is 4.86. The molecular weight excluding hydrogens is 380 g/mol. The monoisotopic (exact) mass is 408 g/mol. The molecule has 0 aliphatic carbocycles. The SMILES string of the molecule is CCCC(N)c1nnc(S(=O)(=O)Cc2cccc(OC)c2)n1CC1CCCO1. The fraction of sp³-hybridized carbons (Fsp3) is 0.579. The second-order valence-corrected chi connectivity index (χ2v) is 8.98. The summed E-state index contributed by atoms with van der Waals surface area (Å²) in [6.45, 7) is 3.11. The predicted octanol–water partition coefficient (Wildman–Crippen LogP) is 2.24. The van der Waals surface area contributed by atoms with E-state index in [1.807, 2.05) is 6.92 Å². The molecule has 2 unspecified atom stereocenters. The van der Waals surface area contributed by atoms with E-state index in [1.165, 1.54) is 0 Å². The van der Waals surface area contributed by atoms with E-state index in [9.17, 15) is 8.42 Å². The van der Waals surface area contributed by atoms with Gasteiger partial charge in [-0.3, -0.25) is 4.57 Å². The van der Waals surface area contributed by atoms with Gasteiger partial charge in [0.1, 0.15) is 5.75 Å². The first-order chi connectivity index (χ1) is 13.4. The lowest BCUT2D eigenvalue weighted by atomic mass is 10.1. The fourth-order valence-electron chi connectivity index (χ4n) is 3.45. The van der Waals surface area contributed by atoms with E-state index < -0.39 is 9.84 Å². The first-order valence-corrected chi connectivity index (χ1v) is 11.3. The molecule has 0 spiro atoms. The molecule has 0 bridgehead atoms. The summed E-state index contributed by atoms with van der Waals surface area (Å²) in [5.41, 5.74) is 6.88. The van der Waals surface area contributed by atoms with Crippen molar-refractivity contribution in [2.24, 2.45) is 5.73 Å². The molecule has 1 aliphatic heterocycles. The molecule has 2 aromatic rings. The highest BCUT2D eigenvalue weighted by molar-refractivity contribution is 7.90. The number of methoxy groups -OCH3 is 1. The van der Waals surface area contributed by atoms with Crippen LogP contribution in [0, 0.1) is 0 Å². The summed E-state index contributed by atoms with van der Waals surface area (Å²) in [5.74, 6) is 0.928. The topological polar surface area (TPSA) is 109 Å². The van der Waals surface area contributed by atoms with Gasteiger partial charge in [-0.15, -0.1) is 10.2 Å². The molecule has 9 heteroatoms. The summed E-state index contributed by atoms with van der Waals surface area (Å²) >= 11 is 0. The number of rotatable bonds is 9. The second kappa shape index (κ2) is 9.02. The van der Waals surface area contributed by atoms with Gasteiger partial charge in [0.15, 0.2) is 5.82 Å². The van der Waals surface area contributed by atoms with Crippen LogP contribution in [-0.4, -0.2) is 43.0 Å². The molecule has 154 valence electrons. The first kappa shape index (κ1) is 20.8. The van der Waals surface area contributed by atoms with E-state index in [1.54, 1.807) is 35.9 Å². The summed E-state index contributed by atoms with van der Waals surface area (Å²) in [6, 6.07) is 6.65. The zero-order chi connectivity index (χ0) is 20.1. The van der Waals surface area contributed by atoms with Crippen molar-refractivity contribution in [2.75, 3.05) is 13.7 Å². The van der Waals surface area contributed by atoms with Gasteiger partial charge in [0.2, 0.25) is 15.0 Å². The summed E-state index contributed by atoms with van der Waals surface area (Å²) in [6.07, 6.45) is 3.39. The van der Waals surface area contributed by atoms with Gasteiger partial charge in [-0.05, 0) is 37.0 Å². The van der Waals surface area contributed by atoms with Crippen molar-refractivity contribution in [1.82, 2.24) is 14.8 Å². The predicted molar refractivity (Wildman–Crippen MR) is 105 cm³/mol. The normalized spacial score (nSPS) is 18.3. The Bertz CT molecular complexity index is 891. The number of benzene rings is 1. The second-order valence-electron chi connectivity index (χ2n) is 7.09. The van der Waals surface area contributed by atoms with Crippen LogP contribution in [0.3, 0.4) is 0 Å². The van der Waals surface area contributed by atoms with Crippen LogP contribution in [0.5, 0.6) is 5.75 Å². The first-order valence-electron chi connectivity index (χ1n) is 9.60. The number of aromatic nitrogens is 3. The third-order valence-corrected chi connectivity index (χ3v) is 6.43. The van der Waals surface area contributed by atoms with E-state index in [4.69, 9.17) is 15.2 Å². The molecular formula is C19H28N4O4S. The minimum atomic E-state index is -3.72. The van der Waals surface area contributed by atoms with Crippen LogP contribution in [0.4, 0.5) is 0 Å². The van der Waals surface area contributed by atoms with Gasteiger partial charge in [0, 0.05) is 6.61 Å². The zero-order valence-electron chi connectivity index (χ0n) is 16.4. The highest BCUT2D eigenvalue weighted by atomic mass is 32.2. The Morgan fingerprint density at radius 2 is 2.21 bits per heavy atom. The lowest BCUT2D eigenvalue weighted by molar-refractivity contribution is 0.0936. The van der Waals surface area contributed by atoms with Gasteiger partial charge >= 0.3 is 0 Å². The number of ether oxygens (including phenoxy) is 2. The standard InChI is InChI=1S/C19H28N4O4S/c1-3-6-17(20)18-21-22-19(23(18)12-16-9-5-10-27-16)28(24,25)13-14-7-4-8-15(11-14)26-2/h4,7-8,11,16-17H,3,5-6,9-10,12-13,20H2,1-2H3. The van der Waals surface area contributed by atoms with Gasteiger partial charge in [-0.1, -0.05) is 25.5 Å².